The van der Waals surface area contributed by atoms with Crippen molar-refractivity contribution in [3.63, 3.8) is 0 Å². The zero-order valence-corrected chi connectivity index (χ0v) is 11.8. The quantitative estimate of drug-likeness (QED) is 0.617. The summed E-state index contributed by atoms with van der Waals surface area (Å²) in [6.45, 7) is 9.16. The largest absolute Gasteiger partial charge is 0.481 e. The van der Waals surface area contributed by atoms with E-state index in [0.29, 0.717) is 13.2 Å². The first kappa shape index (κ1) is 17.4. The van der Waals surface area contributed by atoms with Gasteiger partial charge in [-0.1, -0.05) is 6.92 Å². The summed E-state index contributed by atoms with van der Waals surface area (Å²) in [7, 11) is 0. The zero-order valence-electron chi connectivity index (χ0n) is 11.8. The number of hydrogen-bond acceptors (Lipinski definition) is 4. The van der Waals surface area contributed by atoms with Gasteiger partial charge in [0.05, 0.1) is 44.6 Å². The smallest absolute Gasteiger partial charge is 0.305 e. The van der Waals surface area contributed by atoms with Crippen LogP contribution in [0.1, 0.15) is 40.5 Å². The van der Waals surface area contributed by atoms with Crippen LogP contribution in [0.5, 0.6) is 0 Å². The van der Waals surface area contributed by atoms with Gasteiger partial charge in [0.15, 0.2) is 0 Å². The van der Waals surface area contributed by atoms with E-state index in [2.05, 4.69) is 6.92 Å². The number of carboxylic acid groups (broad SMARTS) is 1. The van der Waals surface area contributed by atoms with Gasteiger partial charge in [0.1, 0.15) is 0 Å². The number of carbonyl (C=O) groups is 1. The number of aliphatic carboxylic acids is 1. The third-order valence-electron chi connectivity index (χ3n) is 2.52. The fraction of sp³-hybridized carbons (Fsp3) is 0.923. The molecule has 0 aliphatic heterocycles. The van der Waals surface area contributed by atoms with Gasteiger partial charge in [-0.25, -0.2) is 0 Å². The van der Waals surface area contributed by atoms with Crippen molar-refractivity contribution in [3.05, 3.63) is 0 Å². The van der Waals surface area contributed by atoms with Crippen LogP contribution in [0, 0.1) is 0 Å². The van der Waals surface area contributed by atoms with Crippen LogP contribution in [0.4, 0.5) is 0 Å². The maximum Gasteiger partial charge on any atom is 0.305 e. The van der Waals surface area contributed by atoms with E-state index >= 15 is 0 Å². The third-order valence-corrected chi connectivity index (χ3v) is 2.52. The molecule has 0 bridgehead atoms. The second-order valence-electron chi connectivity index (χ2n) is 4.52. The Morgan fingerprint density at radius 1 is 1.00 bits per heavy atom. The van der Waals surface area contributed by atoms with Crippen molar-refractivity contribution in [2.45, 2.75) is 58.8 Å². The Balaban J connectivity index is 3.52. The summed E-state index contributed by atoms with van der Waals surface area (Å²) in [5.74, 6) is -0.849. The minimum Gasteiger partial charge on any atom is -0.481 e. The van der Waals surface area contributed by atoms with Crippen LogP contribution in [-0.4, -0.2) is 49.2 Å². The van der Waals surface area contributed by atoms with E-state index in [1.54, 1.807) is 0 Å². The van der Waals surface area contributed by atoms with Crippen molar-refractivity contribution in [2.24, 2.45) is 0 Å². The van der Waals surface area contributed by atoms with Gasteiger partial charge in [-0.3, -0.25) is 4.79 Å². The molecule has 3 unspecified atom stereocenters. The van der Waals surface area contributed by atoms with Crippen LogP contribution in [0.3, 0.4) is 0 Å². The van der Waals surface area contributed by atoms with Gasteiger partial charge in [0.25, 0.3) is 0 Å². The van der Waals surface area contributed by atoms with Crippen molar-refractivity contribution < 1.29 is 24.1 Å². The van der Waals surface area contributed by atoms with E-state index < -0.39 is 5.97 Å². The number of hydrogen-bond donors (Lipinski definition) is 1. The summed E-state index contributed by atoms with van der Waals surface area (Å²) in [6, 6.07) is 0. The number of ether oxygens (including phenoxy) is 3. The van der Waals surface area contributed by atoms with Gasteiger partial charge in [-0.2, -0.15) is 0 Å². The Morgan fingerprint density at radius 2 is 1.50 bits per heavy atom. The summed E-state index contributed by atoms with van der Waals surface area (Å²) in [6.07, 6.45) is 1.18. The summed E-state index contributed by atoms with van der Waals surface area (Å²) >= 11 is 0. The molecule has 0 saturated heterocycles. The highest BCUT2D eigenvalue weighted by Crippen LogP contribution is 2.02. The standard InChI is InChI=1S/C13H26O5/c1-5-10(2)17-9-12(4)18-8-11(3)16-7-6-13(14)15/h10-12H,5-9H2,1-4H3,(H,14,15). The van der Waals surface area contributed by atoms with Gasteiger partial charge < -0.3 is 19.3 Å². The topological polar surface area (TPSA) is 65.0 Å². The van der Waals surface area contributed by atoms with E-state index in [9.17, 15) is 4.79 Å². The molecule has 0 aliphatic carbocycles. The lowest BCUT2D eigenvalue weighted by molar-refractivity contribution is -0.139. The lowest BCUT2D eigenvalue weighted by Gasteiger charge is -2.19. The molecule has 0 radical (unpaired) electrons. The van der Waals surface area contributed by atoms with Crippen LogP contribution < -0.4 is 0 Å². The number of rotatable bonds is 11. The Bertz CT molecular complexity index is 219. The van der Waals surface area contributed by atoms with Crippen molar-refractivity contribution in [1.29, 1.82) is 0 Å². The summed E-state index contributed by atoms with van der Waals surface area (Å²) in [5.41, 5.74) is 0. The van der Waals surface area contributed by atoms with Crippen LogP contribution >= 0.6 is 0 Å². The highest BCUT2D eigenvalue weighted by Gasteiger charge is 2.09. The fourth-order valence-electron chi connectivity index (χ4n) is 1.16. The van der Waals surface area contributed by atoms with Gasteiger partial charge in [-0.05, 0) is 27.2 Å². The molecular formula is C13H26O5. The Morgan fingerprint density at radius 3 is 2.00 bits per heavy atom. The molecule has 5 nitrogen and oxygen atoms in total. The number of carboxylic acids is 1. The zero-order chi connectivity index (χ0) is 14.0. The van der Waals surface area contributed by atoms with E-state index in [1.807, 2.05) is 20.8 Å². The molecule has 108 valence electrons. The molecule has 1 N–H and O–H groups in total. The van der Waals surface area contributed by atoms with Crippen LogP contribution in [0.15, 0.2) is 0 Å². The first-order valence-corrected chi connectivity index (χ1v) is 6.52. The maximum absolute atomic E-state index is 10.3. The first-order chi connectivity index (χ1) is 8.45. The molecule has 0 aromatic carbocycles. The molecule has 0 amide bonds. The summed E-state index contributed by atoms with van der Waals surface area (Å²) in [5, 5.41) is 8.46. The van der Waals surface area contributed by atoms with Gasteiger partial charge in [-0.15, -0.1) is 0 Å². The Hall–Kier alpha value is -0.650. The van der Waals surface area contributed by atoms with Gasteiger partial charge in [0, 0.05) is 0 Å². The Kier molecular flexibility index (Phi) is 9.92. The van der Waals surface area contributed by atoms with Gasteiger partial charge in [0.2, 0.25) is 0 Å². The fourth-order valence-corrected chi connectivity index (χ4v) is 1.16. The summed E-state index contributed by atoms with van der Waals surface area (Å²) in [4.78, 5) is 10.3. The van der Waals surface area contributed by atoms with E-state index in [4.69, 9.17) is 19.3 Å². The summed E-state index contributed by atoms with van der Waals surface area (Å²) < 4.78 is 16.4. The second kappa shape index (κ2) is 10.3. The van der Waals surface area contributed by atoms with Crippen LogP contribution in [-0.2, 0) is 19.0 Å². The first-order valence-electron chi connectivity index (χ1n) is 6.52. The monoisotopic (exact) mass is 262 g/mol. The normalized spacial score (nSPS) is 16.2. The molecule has 0 saturated carbocycles. The molecule has 0 heterocycles. The Labute approximate surface area is 109 Å². The molecular weight excluding hydrogens is 236 g/mol. The average Bonchev–Trinajstić information content (AvgIpc) is 2.32. The molecule has 0 spiro atoms. The van der Waals surface area contributed by atoms with Crippen molar-refractivity contribution in [3.8, 4) is 0 Å². The highest BCUT2D eigenvalue weighted by molar-refractivity contribution is 5.66. The minimum atomic E-state index is -0.849. The molecule has 0 fully saturated rings. The van der Waals surface area contributed by atoms with Crippen molar-refractivity contribution >= 4 is 5.97 Å². The maximum atomic E-state index is 10.3. The molecule has 3 atom stereocenters. The molecule has 5 heteroatoms. The predicted octanol–water partition coefficient (Wildman–Crippen LogP) is 2.09. The molecule has 0 aromatic heterocycles. The lowest BCUT2D eigenvalue weighted by Crippen LogP contribution is -2.25. The molecule has 0 rings (SSSR count). The van der Waals surface area contributed by atoms with E-state index in [0.717, 1.165) is 6.42 Å². The lowest BCUT2D eigenvalue weighted by atomic mass is 10.3. The second-order valence-corrected chi connectivity index (χ2v) is 4.52. The van der Waals surface area contributed by atoms with Crippen molar-refractivity contribution in [1.82, 2.24) is 0 Å². The van der Waals surface area contributed by atoms with E-state index in [-0.39, 0.29) is 31.3 Å². The highest BCUT2D eigenvalue weighted by atomic mass is 16.6. The van der Waals surface area contributed by atoms with Gasteiger partial charge >= 0.3 is 5.97 Å². The third kappa shape index (κ3) is 10.5. The van der Waals surface area contributed by atoms with Crippen LogP contribution in [0.25, 0.3) is 0 Å². The molecule has 18 heavy (non-hydrogen) atoms. The SMILES string of the molecule is CCC(C)OCC(C)OCC(C)OCCC(=O)O. The van der Waals surface area contributed by atoms with E-state index in [1.165, 1.54) is 0 Å². The average molecular weight is 262 g/mol. The van der Waals surface area contributed by atoms with Crippen LogP contribution in [0.2, 0.25) is 0 Å². The van der Waals surface area contributed by atoms with Crippen molar-refractivity contribution in [2.75, 3.05) is 19.8 Å². The predicted molar refractivity (Wildman–Crippen MR) is 68.8 cm³/mol. The minimum absolute atomic E-state index is 0.0181. The molecule has 0 aromatic rings. The molecule has 0 aliphatic rings.